The second-order valence-corrected chi connectivity index (χ2v) is 30.7. The molecule has 0 aliphatic carbocycles. The number of allylic oxidation sites excluding steroid dienone is 1. The van der Waals surface area contributed by atoms with E-state index in [4.69, 9.17) is 56.8 Å². The molecule has 654 valence electrons. The van der Waals surface area contributed by atoms with Crippen molar-refractivity contribution >= 4 is 17.7 Å². The fourth-order valence-corrected chi connectivity index (χ4v) is 15.1. The first-order valence-electron chi connectivity index (χ1n) is 41.0. The van der Waals surface area contributed by atoms with Crippen molar-refractivity contribution in [3.63, 3.8) is 0 Å². The van der Waals surface area contributed by atoms with E-state index in [0.29, 0.717) is 12.8 Å². The molecule has 21 N–H and O–H groups in total. The monoisotopic (exact) mass is 1620 g/mol. The zero-order valence-corrected chi connectivity index (χ0v) is 65.6. The van der Waals surface area contributed by atoms with E-state index in [1.807, 2.05) is 6.08 Å². The summed E-state index contributed by atoms with van der Waals surface area (Å²) in [5.74, 6) is -2.04. The molecule has 6 fully saturated rings. The minimum Gasteiger partial charge on any atom is -0.394 e. The zero-order valence-electron chi connectivity index (χ0n) is 65.6. The van der Waals surface area contributed by atoms with E-state index in [9.17, 15) is 106 Å². The van der Waals surface area contributed by atoms with Gasteiger partial charge in [0.1, 0.15) is 146 Å². The predicted molar refractivity (Wildman–Crippen MR) is 394 cm³/mol. The molecule has 0 aromatic rings. The van der Waals surface area contributed by atoms with Gasteiger partial charge >= 0.3 is 0 Å². The summed E-state index contributed by atoms with van der Waals surface area (Å²) in [7, 11) is 0. The van der Waals surface area contributed by atoms with Crippen molar-refractivity contribution in [2.45, 2.75) is 404 Å². The normalized spacial score (nSPS) is 37.2. The lowest BCUT2D eigenvalue weighted by atomic mass is 9.93. The Labute approximate surface area is 656 Å². The number of unbranched alkanes of at least 4 members (excludes halogenated alkanes) is 25. The number of amides is 3. The minimum atomic E-state index is -2.24. The Kier molecular flexibility index (Phi) is 45.5. The Bertz CT molecular complexity index is 2600. The summed E-state index contributed by atoms with van der Waals surface area (Å²) in [4.78, 5) is 39.1. The summed E-state index contributed by atoms with van der Waals surface area (Å²) in [6, 6.07) is -4.66. The van der Waals surface area contributed by atoms with E-state index in [1.54, 1.807) is 6.08 Å². The highest BCUT2D eigenvalue weighted by Crippen LogP contribution is 2.38. The second kappa shape index (κ2) is 52.1. The van der Waals surface area contributed by atoms with Crippen LogP contribution in [0, 0.1) is 0 Å². The van der Waals surface area contributed by atoms with Crippen molar-refractivity contribution in [3.05, 3.63) is 12.2 Å². The Balaban J connectivity index is 1.09. The Morgan fingerprint density at radius 1 is 0.348 bits per heavy atom. The Morgan fingerprint density at radius 3 is 1.04 bits per heavy atom. The summed E-state index contributed by atoms with van der Waals surface area (Å²) in [6.07, 6.45) is -20.4. The van der Waals surface area contributed by atoms with Gasteiger partial charge in [-0.3, -0.25) is 14.4 Å². The molecule has 6 saturated heterocycles. The van der Waals surface area contributed by atoms with Crippen LogP contribution in [0.15, 0.2) is 12.2 Å². The molecule has 0 spiro atoms. The summed E-state index contributed by atoms with van der Waals surface area (Å²) in [6.45, 7) is 0.0790. The van der Waals surface area contributed by atoms with E-state index in [2.05, 4.69) is 29.8 Å². The van der Waals surface area contributed by atoms with Gasteiger partial charge in [0.25, 0.3) is 0 Å². The molecule has 0 aromatic carbocycles. The van der Waals surface area contributed by atoms with E-state index < -0.39 is 254 Å². The van der Waals surface area contributed by atoms with Crippen LogP contribution >= 0.6 is 0 Å². The molecule has 0 bridgehead atoms. The molecule has 0 aromatic heterocycles. The van der Waals surface area contributed by atoms with E-state index in [1.165, 1.54) is 109 Å². The maximum atomic E-state index is 13.5. The highest BCUT2D eigenvalue weighted by atomic mass is 16.8. The molecular weight excluding hydrogens is 1480 g/mol. The van der Waals surface area contributed by atoms with Crippen molar-refractivity contribution in [1.82, 2.24) is 16.0 Å². The maximum Gasteiger partial charge on any atom is 0.220 e. The third-order valence-electron chi connectivity index (χ3n) is 21.7. The quantitative estimate of drug-likeness (QED) is 0.0222. The van der Waals surface area contributed by atoms with Gasteiger partial charge in [0.15, 0.2) is 37.7 Å². The molecule has 12 unspecified atom stereocenters. The van der Waals surface area contributed by atoms with Crippen LogP contribution < -0.4 is 16.0 Å². The van der Waals surface area contributed by atoms with Gasteiger partial charge in [-0.15, -0.1) is 0 Å². The summed E-state index contributed by atoms with van der Waals surface area (Å²) >= 11 is 0. The van der Waals surface area contributed by atoms with E-state index in [0.717, 1.165) is 65.2 Å². The van der Waals surface area contributed by atoms with Crippen LogP contribution in [0.2, 0.25) is 0 Å². The molecule has 6 rings (SSSR count). The van der Waals surface area contributed by atoms with Gasteiger partial charge in [-0.2, -0.15) is 0 Å². The molecule has 32 atom stereocenters. The number of hydrogen-bond donors (Lipinski definition) is 21. The third kappa shape index (κ3) is 29.4. The van der Waals surface area contributed by atoms with Gasteiger partial charge in [-0.1, -0.05) is 180 Å². The van der Waals surface area contributed by atoms with Crippen molar-refractivity contribution < 1.29 is 163 Å². The number of aliphatic hydroxyl groups excluding tert-OH is 18. The number of rotatable bonds is 52. The largest absolute Gasteiger partial charge is 0.394 e. The van der Waals surface area contributed by atoms with Gasteiger partial charge in [0.2, 0.25) is 17.7 Å². The van der Waals surface area contributed by atoms with Crippen molar-refractivity contribution in [1.29, 1.82) is 0 Å². The molecule has 36 nitrogen and oxygen atoms in total. The topological polar surface area (TPSA) is 562 Å². The summed E-state index contributed by atoms with van der Waals surface area (Å²) < 4.78 is 70.8. The van der Waals surface area contributed by atoms with Crippen LogP contribution in [0.4, 0.5) is 0 Å². The lowest BCUT2D eigenvalue weighted by molar-refractivity contribution is -0.387. The van der Waals surface area contributed by atoms with Crippen molar-refractivity contribution in [3.8, 4) is 0 Å². The standard InChI is InChI=1S/C76H137N3O33/c1-5-7-9-11-13-15-17-19-20-22-24-26-28-30-32-34-52(89)79-44(45(88)33-31-29-27-25-23-21-18-16-14-12-10-8-6-2)41-101-73-63(98)61(96)68(51(40-85)107-73)110-76-65(100)70(57(92)48(37-82)104-76)112-72-54(78-43(4)87)59(94)67(50(39-84)106-72)109-75-64(99)69(56(91)47(36-81)103-75)111-71-53(77-42(3)86)58(93)66(49(38-83)105-71)108-74-62(97)60(95)55(90)46(35-80)102-74/h31,33,44-51,53-76,80-85,88,90-100H,5-30,32,34-41H2,1-4H3,(H,77,86)(H,78,87)(H,79,89)/b33-31+/t44-,45+,46?,47?,48?,49?,50?,51?,53?,54?,55-,56-,57-,58+,59+,60-,61+,62?,63?,64?,65?,66+,67+,68+,69-,70-,71-,72-,73+,74-,75-,76-/m0/s1. The maximum absolute atomic E-state index is 13.5. The molecule has 112 heavy (non-hydrogen) atoms. The van der Waals surface area contributed by atoms with Crippen molar-refractivity contribution in [2.24, 2.45) is 0 Å². The van der Waals surface area contributed by atoms with Gasteiger partial charge in [-0.05, 0) is 19.3 Å². The van der Waals surface area contributed by atoms with Crippen LogP contribution in [-0.4, -0.2) is 352 Å². The fourth-order valence-electron chi connectivity index (χ4n) is 15.1. The number of nitrogens with one attached hydrogen (secondary N) is 3. The Hall–Kier alpha value is -3.05. The molecule has 6 aliphatic rings. The first-order chi connectivity index (χ1) is 53.8. The Morgan fingerprint density at radius 2 is 0.661 bits per heavy atom. The average molecular weight is 1620 g/mol. The molecular formula is C76H137N3O33. The van der Waals surface area contributed by atoms with Crippen LogP contribution in [0.1, 0.15) is 207 Å². The number of aliphatic hydroxyl groups is 18. The predicted octanol–water partition coefficient (Wildman–Crippen LogP) is -2.42. The van der Waals surface area contributed by atoms with Crippen LogP contribution in [0.5, 0.6) is 0 Å². The van der Waals surface area contributed by atoms with Crippen molar-refractivity contribution in [2.75, 3.05) is 46.2 Å². The SMILES string of the molecule is CCCCCCCCCCCCC/C=C/[C@@H](O)[C@H](CO[C@@H]1OC(CO)[C@@H](O[C@@H]2OC(CO)[C@H](O)[C@H](O[C@@H]3OC(CO)[C@@H](O[C@@H]4OC(CO)[C@H](O)[C@H](O[C@@H]5OC(CO)[C@@H](O[C@@H]6OC(CO)[C@H](O)[C@H](O)C6O)[C@H](O)C5NC(C)=O)C4O)[C@H](O)C3NC(C)=O)C2O)[C@H](O)C1O)NC(=O)CCCCCCCCCCCCCCCCC. The summed E-state index contributed by atoms with van der Waals surface area (Å²) in [5, 5.41) is 208. The highest BCUT2D eigenvalue weighted by molar-refractivity contribution is 5.76. The molecule has 6 heterocycles. The zero-order chi connectivity index (χ0) is 82.0. The van der Waals surface area contributed by atoms with Gasteiger partial charge < -0.3 is 165 Å². The number of carbonyl (C=O) groups excluding carboxylic acids is 3. The second-order valence-electron chi connectivity index (χ2n) is 30.7. The number of carbonyl (C=O) groups is 3. The third-order valence-corrected chi connectivity index (χ3v) is 21.7. The van der Waals surface area contributed by atoms with Gasteiger partial charge in [0, 0.05) is 20.3 Å². The number of hydrogen-bond acceptors (Lipinski definition) is 33. The molecule has 6 aliphatic heterocycles. The average Bonchev–Trinajstić information content (AvgIpc) is 0.770. The van der Waals surface area contributed by atoms with Gasteiger partial charge in [0.05, 0.1) is 58.4 Å². The highest BCUT2D eigenvalue weighted by Gasteiger charge is 2.59. The number of ether oxygens (including phenoxy) is 12. The lowest BCUT2D eigenvalue weighted by Crippen LogP contribution is -2.70. The molecule has 0 radical (unpaired) electrons. The summed E-state index contributed by atoms with van der Waals surface area (Å²) in [5.41, 5.74) is 0. The smallest absolute Gasteiger partial charge is 0.220 e. The first-order valence-corrected chi connectivity index (χ1v) is 41.0. The van der Waals surface area contributed by atoms with Crippen LogP contribution in [-0.2, 0) is 71.2 Å². The molecule has 3 amide bonds. The molecule has 0 saturated carbocycles. The fraction of sp³-hybridized carbons (Fsp3) is 0.934. The molecule has 36 heteroatoms. The lowest BCUT2D eigenvalue weighted by Gasteiger charge is -2.51. The first kappa shape index (κ1) is 97.8. The minimum absolute atomic E-state index is 0.176. The van der Waals surface area contributed by atoms with E-state index in [-0.39, 0.29) is 12.3 Å². The van der Waals surface area contributed by atoms with E-state index >= 15 is 0 Å². The van der Waals surface area contributed by atoms with Gasteiger partial charge in [-0.25, -0.2) is 0 Å². The van der Waals surface area contributed by atoms with Crippen LogP contribution in [0.3, 0.4) is 0 Å². The van der Waals surface area contributed by atoms with Crippen LogP contribution in [0.25, 0.3) is 0 Å².